The van der Waals surface area contributed by atoms with E-state index in [1.807, 2.05) is 32.0 Å². The number of hydrogen-bond donors (Lipinski definition) is 1. The number of aryl methyl sites for hydroxylation is 1. The minimum Gasteiger partial charge on any atom is -0.464 e. The van der Waals surface area contributed by atoms with Crippen molar-refractivity contribution >= 4 is 28.9 Å². The number of thiocarbonyl (C=S) groups is 1. The lowest BCUT2D eigenvalue weighted by Gasteiger charge is -2.37. The molecule has 1 aliphatic rings. The maximum Gasteiger partial charge on any atom is 0.328 e. The molecule has 1 saturated heterocycles. The van der Waals surface area contributed by atoms with Crippen molar-refractivity contribution in [3.8, 4) is 0 Å². The second-order valence-electron chi connectivity index (χ2n) is 5.34. The number of carbonyl (C=O) groups is 1. The van der Waals surface area contributed by atoms with Crippen molar-refractivity contribution in [2.45, 2.75) is 39.2 Å². The Labute approximate surface area is 131 Å². The number of piperidine rings is 1. The molecule has 1 fully saturated rings. The van der Waals surface area contributed by atoms with Crippen LogP contribution in [0.1, 0.15) is 37.3 Å². The number of hydrogen-bond acceptors (Lipinski definition) is 4. The molecule has 1 aliphatic heterocycles. The Kier molecular flexibility index (Phi) is 5.17. The maximum absolute atomic E-state index is 12.2. The van der Waals surface area contributed by atoms with E-state index in [4.69, 9.17) is 22.7 Å². The molecule has 1 heterocycles. The van der Waals surface area contributed by atoms with Crippen LogP contribution in [0.5, 0.6) is 0 Å². The lowest BCUT2D eigenvalue weighted by atomic mass is 9.99. The van der Waals surface area contributed by atoms with Crippen LogP contribution in [0.2, 0.25) is 0 Å². The summed E-state index contributed by atoms with van der Waals surface area (Å²) in [7, 11) is 0. The highest BCUT2D eigenvalue weighted by Gasteiger charge is 2.31. The van der Waals surface area contributed by atoms with Crippen LogP contribution < -0.4 is 10.6 Å². The van der Waals surface area contributed by atoms with Crippen LogP contribution >= 0.6 is 12.2 Å². The number of esters is 1. The number of benzene rings is 1. The van der Waals surface area contributed by atoms with E-state index in [0.29, 0.717) is 11.6 Å². The molecule has 114 valence electrons. The van der Waals surface area contributed by atoms with E-state index in [1.165, 1.54) is 0 Å². The molecule has 0 aromatic heterocycles. The molecule has 0 aliphatic carbocycles. The molecule has 4 nitrogen and oxygen atoms in total. The van der Waals surface area contributed by atoms with Crippen molar-refractivity contribution < 1.29 is 9.53 Å². The summed E-state index contributed by atoms with van der Waals surface area (Å²) < 4.78 is 5.21. The largest absolute Gasteiger partial charge is 0.464 e. The first kappa shape index (κ1) is 15.8. The number of ether oxygens (including phenoxy) is 1. The zero-order chi connectivity index (χ0) is 15.4. The smallest absolute Gasteiger partial charge is 0.328 e. The van der Waals surface area contributed by atoms with Gasteiger partial charge >= 0.3 is 5.97 Å². The Morgan fingerprint density at radius 1 is 1.48 bits per heavy atom. The summed E-state index contributed by atoms with van der Waals surface area (Å²) in [6.07, 6.45) is 2.90. The summed E-state index contributed by atoms with van der Waals surface area (Å²) in [5.74, 6) is -0.160. The lowest BCUT2D eigenvalue weighted by molar-refractivity contribution is -0.145. The monoisotopic (exact) mass is 306 g/mol. The van der Waals surface area contributed by atoms with E-state index in [-0.39, 0.29) is 12.0 Å². The SMILES string of the molecule is CCOC(=O)C1CCCCN1c1ccc(C)cc1C(N)=S. The molecule has 1 atom stereocenters. The fourth-order valence-electron chi connectivity index (χ4n) is 2.80. The van der Waals surface area contributed by atoms with Gasteiger partial charge in [-0.3, -0.25) is 0 Å². The van der Waals surface area contributed by atoms with Gasteiger partial charge in [-0.1, -0.05) is 23.8 Å². The third-order valence-electron chi connectivity index (χ3n) is 3.79. The molecular formula is C16H22N2O2S. The number of anilines is 1. The molecule has 21 heavy (non-hydrogen) atoms. The summed E-state index contributed by atoms with van der Waals surface area (Å²) in [5.41, 5.74) is 8.73. The predicted octanol–water partition coefficient (Wildman–Crippen LogP) is 2.55. The Balaban J connectivity index is 2.37. The molecule has 0 spiro atoms. The number of rotatable bonds is 4. The molecule has 2 N–H and O–H groups in total. The van der Waals surface area contributed by atoms with Gasteiger partial charge in [-0.05, 0) is 45.2 Å². The standard InChI is InChI=1S/C16H22N2O2S/c1-3-20-16(19)14-6-4-5-9-18(14)13-8-7-11(2)10-12(13)15(17)21/h7-8,10,14H,3-6,9H2,1-2H3,(H2,17,21). The van der Waals surface area contributed by atoms with Gasteiger partial charge < -0.3 is 15.4 Å². The Morgan fingerprint density at radius 3 is 2.90 bits per heavy atom. The van der Waals surface area contributed by atoms with Crippen LogP contribution in [0.25, 0.3) is 0 Å². The van der Waals surface area contributed by atoms with E-state index >= 15 is 0 Å². The molecule has 0 saturated carbocycles. The Hall–Kier alpha value is -1.62. The van der Waals surface area contributed by atoms with Crippen molar-refractivity contribution in [1.82, 2.24) is 0 Å². The van der Waals surface area contributed by atoms with Crippen molar-refractivity contribution in [2.24, 2.45) is 5.73 Å². The quantitative estimate of drug-likeness (QED) is 0.684. The van der Waals surface area contributed by atoms with E-state index in [9.17, 15) is 4.79 Å². The highest BCUT2D eigenvalue weighted by Crippen LogP contribution is 2.29. The first-order valence-electron chi connectivity index (χ1n) is 7.38. The maximum atomic E-state index is 12.2. The van der Waals surface area contributed by atoms with E-state index in [1.54, 1.807) is 0 Å². The topological polar surface area (TPSA) is 55.6 Å². The molecule has 0 amide bonds. The van der Waals surface area contributed by atoms with Gasteiger partial charge in [-0.2, -0.15) is 0 Å². The van der Waals surface area contributed by atoms with Crippen molar-refractivity contribution in [3.63, 3.8) is 0 Å². The van der Waals surface area contributed by atoms with E-state index in [0.717, 1.165) is 42.6 Å². The van der Waals surface area contributed by atoms with Gasteiger partial charge in [0.15, 0.2) is 0 Å². The first-order valence-corrected chi connectivity index (χ1v) is 7.79. The van der Waals surface area contributed by atoms with Crippen molar-refractivity contribution in [3.05, 3.63) is 29.3 Å². The Bertz CT molecular complexity index is 545. The third-order valence-corrected chi connectivity index (χ3v) is 4.01. The molecule has 1 aromatic carbocycles. The minimum absolute atomic E-state index is 0.160. The highest BCUT2D eigenvalue weighted by molar-refractivity contribution is 7.80. The summed E-state index contributed by atoms with van der Waals surface area (Å²) in [6, 6.07) is 5.76. The minimum atomic E-state index is -0.241. The molecule has 1 aromatic rings. The van der Waals surface area contributed by atoms with Gasteiger partial charge in [0.05, 0.1) is 6.61 Å². The fourth-order valence-corrected chi connectivity index (χ4v) is 2.96. The molecule has 2 rings (SSSR count). The summed E-state index contributed by atoms with van der Waals surface area (Å²) in [6.45, 7) is 5.06. The zero-order valence-electron chi connectivity index (χ0n) is 12.6. The molecule has 5 heteroatoms. The number of nitrogens with two attached hydrogens (primary N) is 1. The van der Waals surface area contributed by atoms with Gasteiger partial charge in [0.2, 0.25) is 0 Å². The summed E-state index contributed by atoms with van der Waals surface area (Å²) in [4.78, 5) is 14.7. The average molecular weight is 306 g/mol. The Morgan fingerprint density at radius 2 is 2.24 bits per heavy atom. The first-order chi connectivity index (χ1) is 10.0. The fraction of sp³-hybridized carbons (Fsp3) is 0.500. The normalized spacial score (nSPS) is 18.4. The summed E-state index contributed by atoms with van der Waals surface area (Å²) in [5, 5.41) is 0. The predicted molar refractivity (Wildman–Crippen MR) is 88.7 cm³/mol. The van der Waals surface area contributed by atoms with Crippen LogP contribution in [0.3, 0.4) is 0 Å². The van der Waals surface area contributed by atoms with Crippen LogP contribution in [0, 0.1) is 6.92 Å². The van der Waals surface area contributed by atoms with Gasteiger partial charge in [-0.25, -0.2) is 4.79 Å². The van der Waals surface area contributed by atoms with Crippen molar-refractivity contribution in [2.75, 3.05) is 18.1 Å². The third kappa shape index (κ3) is 3.53. The van der Waals surface area contributed by atoms with E-state index < -0.39 is 0 Å². The highest BCUT2D eigenvalue weighted by atomic mass is 32.1. The zero-order valence-corrected chi connectivity index (χ0v) is 13.4. The van der Waals surface area contributed by atoms with Crippen LogP contribution in [-0.4, -0.2) is 30.2 Å². The molecule has 0 radical (unpaired) electrons. The van der Waals surface area contributed by atoms with E-state index in [2.05, 4.69) is 4.90 Å². The number of carbonyl (C=O) groups excluding carboxylic acids is 1. The summed E-state index contributed by atoms with van der Waals surface area (Å²) >= 11 is 5.17. The second kappa shape index (κ2) is 6.89. The van der Waals surface area contributed by atoms with Crippen molar-refractivity contribution in [1.29, 1.82) is 0 Å². The molecule has 0 bridgehead atoms. The average Bonchev–Trinajstić information content (AvgIpc) is 2.47. The number of nitrogens with zero attached hydrogens (tertiary/aromatic N) is 1. The molecule has 1 unspecified atom stereocenters. The van der Waals surface area contributed by atoms with Gasteiger partial charge in [0, 0.05) is 17.8 Å². The van der Waals surface area contributed by atoms with Gasteiger partial charge in [-0.15, -0.1) is 0 Å². The second-order valence-corrected chi connectivity index (χ2v) is 5.78. The molecular weight excluding hydrogens is 284 g/mol. The lowest BCUT2D eigenvalue weighted by Crippen LogP contribution is -2.46. The van der Waals surface area contributed by atoms with Crippen LogP contribution in [0.4, 0.5) is 5.69 Å². The van der Waals surface area contributed by atoms with Gasteiger partial charge in [0.1, 0.15) is 11.0 Å². The van der Waals surface area contributed by atoms with Crippen LogP contribution in [-0.2, 0) is 9.53 Å². The van der Waals surface area contributed by atoms with Gasteiger partial charge in [0.25, 0.3) is 0 Å². The van der Waals surface area contributed by atoms with Crippen LogP contribution in [0.15, 0.2) is 18.2 Å².